The van der Waals surface area contributed by atoms with Crippen molar-refractivity contribution in [2.75, 3.05) is 19.8 Å². The van der Waals surface area contributed by atoms with Crippen LogP contribution in [0.1, 0.15) is 48.0 Å². The van der Waals surface area contributed by atoms with Gasteiger partial charge in [-0.15, -0.1) is 0 Å². The van der Waals surface area contributed by atoms with E-state index in [-0.39, 0.29) is 0 Å². The van der Waals surface area contributed by atoms with E-state index in [1.54, 1.807) is 0 Å². The van der Waals surface area contributed by atoms with Crippen molar-refractivity contribution in [2.45, 2.75) is 44.9 Å². The normalized spacial score (nSPS) is 27.1. The van der Waals surface area contributed by atoms with E-state index < -0.39 is 0 Å². The van der Waals surface area contributed by atoms with Crippen LogP contribution >= 0.6 is 0 Å². The number of hydrogen-bond donors (Lipinski definition) is 1. The van der Waals surface area contributed by atoms with Gasteiger partial charge in [0.25, 0.3) is 0 Å². The van der Waals surface area contributed by atoms with Gasteiger partial charge in [0.05, 0.1) is 6.61 Å². The fourth-order valence-electron chi connectivity index (χ4n) is 3.21. The maximum Gasteiger partial charge on any atom is 0.134 e. The van der Waals surface area contributed by atoms with Crippen molar-refractivity contribution in [3.8, 4) is 0 Å². The average molecular weight is 261 g/mol. The molecule has 4 nitrogen and oxygen atoms in total. The second-order valence-electron chi connectivity index (χ2n) is 5.85. The van der Waals surface area contributed by atoms with Gasteiger partial charge in [-0.05, 0) is 57.1 Å². The molecule has 2 unspecified atom stereocenters. The van der Waals surface area contributed by atoms with Gasteiger partial charge in [-0.2, -0.15) is 0 Å². The van der Waals surface area contributed by atoms with E-state index in [4.69, 9.17) is 20.4 Å². The topological polar surface area (TPSA) is 61.0 Å². The van der Waals surface area contributed by atoms with Crippen LogP contribution in [-0.2, 0) is 17.6 Å². The summed E-state index contributed by atoms with van der Waals surface area (Å²) in [6.45, 7) is 4.56. The zero-order valence-corrected chi connectivity index (χ0v) is 11.7. The third-order valence-electron chi connectivity index (χ3n) is 4.46. The fraction of sp³-hybridized carbons (Fsp3) is 0.733. The fourth-order valence-corrected chi connectivity index (χ4v) is 3.21. The predicted octanol–water partition coefficient (Wildman–Crippen LogP) is 1.74. The first kappa shape index (κ1) is 13.0. The molecule has 0 saturated carbocycles. The van der Waals surface area contributed by atoms with E-state index in [9.17, 15) is 0 Å². The van der Waals surface area contributed by atoms with Gasteiger partial charge in [0.2, 0.25) is 0 Å². The number of fused-ring (bicyclic) bond motifs is 1. The first-order valence-corrected chi connectivity index (χ1v) is 7.42. The van der Waals surface area contributed by atoms with E-state index in [2.05, 4.69) is 6.92 Å². The summed E-state index contributed by atoms with van der Waals surface area (Å²) in [7, 11) is 0. The number of rotatable bonds is 2. The summed E-state index contributed by atoms with van der Waals surface area (Å²) in [6, 6.07) is 0. The Morgan fingerprint density at radius 2 is 2.21 bits per heavy atom. The van der Waals surface area contributed by atoms with Gasteiger partial charge in [0.1, 0.15) is 5.82 Å². The van der Waals surface area contributed by atoms with Gasteiger partial charge < -0.3 is 10.5 Å². The van der Waals surface area contributed by atoms with Crippen molar-refractivity contribution in [2.24, 2.45) is 11.7 Å². The molecular formula is C15H23N3O. The summed E-state index contributed by atoms with van der Waals surface area (Å²) in [6.07, 6.45) is 5.56. The van der Waals surface area contributed by atoms with Gasteiger partial charge >= 0.3 is 0 Å². The third-order valence-corrected chi connectivity index (χ3v) is 4.46. The minimum Gasteiger partial charge on any atom is -0.381 e. The second-order valence-corrected chi connectivity index (χ2v) is 5.85. The zero-order chi connectivity index (χ0) is 13.2. The van der Waals surface area contributed by atoms with Crippen LogP contribution in [0.5, 0.6) is 0 Å². The Morgan fingerprint density at radius 1 is 1.32 bits per heavy atom. The van der Waals surface area contributed by atoms with Crippen LogP contribution in [-0.4, -0.2) is 29.7 Å². The molecule has 0 bridgehead atoms. The lowest BCUT2D eigenvalue weighted by molar-refractivity contribution is 0.0779. The smallest absolute Gasteiger partial charge is 0.134 e. The Kier molecular flexibility index (Phi) is 3.80. The Balaban J connectivity index is 1.87. The molecule has 3 rings (SSSR count). The number of hydrogen-bond acceptors (Lipinski definition) is 4. The molecule has 1 aromatic rings. The van der Waals surface area contributed by atoms with E-state index in [0.717, 1.165) is 57.0 Å². The Hall–Kier alpha value is -1.00. The highest BCUT2D eigenvalue weighted by molar-refractivity contribution is 5.29. The molecule has 1 saturated heterocycles. The van der Waals surface area contributed by atoms with Gasteiger partial charge in [-0.25, -0.2) is 9.97 Å². The van der Waals surface area contributed by atoms with Crippen LogP contribution in [0.2, 0.25) is 0 Å². The SMILES string of the molecule is Cc1nc(C2CCCOC2)nc2c1CC(CN)CC2. The molecule has 2 aliphatic rings. The monoisotopic (exact) mass is 261 g/mol. The lowest BCUT2D eigenvalue weighted by Crippen LogP contribution is -2.26. The van der Waals surface area contributed by atoms with Crippen molar-refractivity contribution >= 4 is 0 Å². The quantitative estimate of drug-likeness (QED) is 0.881. The molecule has 4 heteroatoms. The minimum absolute atomic E-state index is 0.394. The Bertz CT molecular complexity index is 455. The highest BCUT2D eigenvalue weighted by Gasteiger charge is 2.25. The Labute approximate surface area is 114 Å². The van der Waals surface area contributed by atoms with E-state index in [0.29, 0.717) is 11.8 Å². The van der Waals surface area contributed by atoms with Crippen LogP contribution in [0.3, 0.4) is 0 Å². The van der Waals surface area contributed by atoms with E-state index in [1.807, 2.05) is 0 Å². The van der Waals surface area contributed by atoms with Gasteiger partial charge in [0, 0.05) is 23.9 Å². The highest BCUT2D eigenvalue weighted by Crippen LogP contribution is 2.29. The summed E-state index contributed by atoms with van der Waals surface area (Å²) in [4.78, 5) is 9.58. The molecule has 0 aromatic carbocycles. The van der Waals surface area contributed by atoms with Crippen molar-refractivity contribution in [3.63, 3.8) is 0 Å². The summed E-state index contributed by atoms with van der Waals surface area (Å²) < 4.78 is 5.56. The number of aryl methyl sites for hydroxylation is 2. The van der Waals surface area contributed by atoms with Crippen molar-refractivity contribution in [3.05, 3.63) is 22.8 Å². The molecule has 2 atom stereocenters. The van der Waals surface area contributed by atoms with Crippen LogP contribution in [0.4, 0.5) is 0 Å². The van der Waals surface area contributed by atoms with Crippen molar-refractivity contribution in [1.29, 1.82) is 0 Å². The molecule has 0 spiro atoms. The predicted molar refractivity (Wildman–Crippen MR) is 74.1 cm³/mol. The Morgan fingerprint density at radius 3 is 2.95 bits per heavy atom. The molecule has 1 aliphatic carbocycles. The van der Waals surface area contributed by atoms with Crippen LogP contribution in [0.15, 0.2) is 0 Å². The lowest BCUT2D eigenvalue weighted by Gasteiger charge is -2.26. The highest BCUT2D eigenvalue weighted by atomic mass is 16.5. The first-order chi connectivity index (χ1) is 9.28. The summed E-state index contributed by atoms with van der Waals surface area (Å²) in [5.41, 5.74) is 9.57. The van der Waals surface area contributed by atoms with Gasteiger partial charge in [-0.1, -0.05) is 0 Å². The largest absolute Gasteiger partial charge is 0.381 e. The molecule has 1 fully saturated rings. The van der Waals surface area contributed by atoms with Gasteiger partial charge in [-0.3, -0.25) is 0 Å². The van der Waals surface area contributed by atoms with E-state index >= 15 is 0 Å². The standard InChI is InChI=1S/C15H23N3O/c1-10-13-7-11(8-16)4-5-14(13)18-15(17-10)12-3-2-6-19-9-12/h11-12H,2-9,16H2,1H3. The number of aromatic nitrogens is 2. The molecule has 19 heavy (non-hydrogen) atoms. The molecule has 104 valence electrons. The van der Waals surface area contributed by atoms with Gasteiger partial charge in [0.15, 0.2) is 0 Å². The number of nitrogens with two attached hydrogens (primary N) is 1. The zero-order valence-electron chi connectivity index (χ0n) is 11.7. The van der Waals surface area contributed by atoms with E-state index in [1.165, 1.54) is 17.7 Å². The first-order valence-electron chi connectivity index (χ1n) is 7.42. The number of ether oxygens (including phenoxy) is 1. The lowest BCUT2D eigenvalue weighted by atomic mass is 9.85. The minimum atomic E-state index is 0.394. The van der Waals surface area contributed by atoms with Crippen molar-refractivity contribution < 1.29 is 4.74 Å². The second kappa shape index (κ2) is 5.55. The molecule has 1 aromatic heterocycles. The molecular weight excluding hydrogens is 238 g/mol. The summed E-state index contributed by atoms with van der Waals surface area (Å²) in [5.74, 6) is 2.01. The molecule has 2 heterocycles. The van der Waals surface area contributed by atoms with Crippen LogP contribution in [0.25, 0.3) is 0 Å². The summed E-state index contributed by atoms with van der Waals surface area (Å²) >= 11 is 0. The van der Waals surface area contributed by atoms with Crippen molar-refractivity contribution in [1.82, 2.24) is 9.97 Å². The molecule has 1 aliphatic heterocycles. The van der Waals surface area contributed by atoms with Crippen LogP contribution < -0.4 is 5.73 Å². The third kappa shape index (κ3) is 2.65. The maximum atomic E-state index is 5.80. The summed E-state index contributed by atoms with van der Waals surface area (Å²) in [5, 5.41) is 0. The molecule has 0 amide bonds. The average Bonchev–Trinajstić information content (AvgIpc) is 2.48. The number of nitrogens with zero attached hydrogens (tertiary/aromatic N) is 2. The van der Waals surface area contributed by atoms with Crippen LogP contribution in [0, 0.1) is 12.8 Å². The molecule has 0 radical (unpaired) electrons. The molecule has 2 N–H and O–H groups in total. The maximum absolute atomic E-state index is 5.80.